The fraction of sp³-hybridized carbons (Fsp3) is 0.800. The van der Waals surface area contributed by atoms with Crippen molar-refractivity contribution in [1.82, 2.24) is 15.0 Å². The van der Waals surface area contributed by atoms with Gasteiger partial charge in [-0.25, -0.2) is 0 Å². The van der Waals surface area contributed by atoms with Crippen molar-refractivity contribution in [3.05, 3.63) is 11.7 Å². The summed E-state index contributed by atoms with van der Waals surface area (Å²) >= 11 is 1.44. The molecule has 1 spiro atoms. The van der Waals surface area contributed by atoms with Gasteiger partial charge in [0.15, 0.2) is 5.82 Å². The molecule has 134 valence electrons. The molecule has 0 unspecified atom stereocenters. The van der Waals surface area contributed by atoms with Crippen molar-refractivity contribution < 1.29 is 24.3 Å². The number of rotatable bonds is 4. The standard InChI is InChI=1S/C15H23N3O5S/c1-10-16-12(23-17-10)8-24-9-13(20)18-5-3-15(4-6-18)14(21)11(19)2-7-22-15/h11,14,19,21H,2-9H2,1H3/t11-,14-/m0/s1. The summed E-state index contributed by atoms with van der Waals surface area (Å²) in [6.07, 6.45) is -0.0696. The number of carbonyl (C=O) groups excluding carboxylic acids is 1. The minimum absolute atomic E-state index is 0.0527. The van der Waals surface area contributed by atoms with Gasteiger partial charge < -0.3 is 24.4 Å². The summed E-state index contributed by atoms with van der Waals surface area (Å²) in [6.45, 7) is 3.27. The summed E-state index contributed by atoms with van der Waals surface area (Å²) in [7, 11) is 0. The Hall–Kier alpha value is -1.16. The highest BCUT2D eigenvalue weighted by molar-refractivity contribution is 7.99. The van der Waals surface area contributed by atoms with Gasteiger partial charge >= 0.3 is 0 Å². The van der Waals surface area contributed by atoms with Gasteiger partial charge in [0, 0.05) is 13.1 Å². The predicted molar refractivity (Wildman–Crippen MR) is 86.3 cm³/mol. The maximum Gasteiger partial charge on any atom is 0.236 e. The number of carbonyl (C=O) groups is 1. The molecule has 2 saturated heterocycles. The SMILES string of the molecule is Cc1noc(CSCC(=O)N2CCC3(CC2)OCC[C@H](O)[C@@H]3O)n1. The van der Waals surface area contributed by atoms with E-state index in [0.29, 0.717) is 62.2 Å². The number of likely N-dealkylation sites (tertiary alicyclic amines) is 1. The van der Waals surface area contributed by atoms with Crippen LogP contribution in [0.3, 0.4) is 0 Å². The largest absolute Gasteiger partial charge is 0.390 e. The normalized spacial score (nSPS) is 26.7. The van der Waals surface area contributed by atoms with Crippen LogP contribution in [0.1, 0.15) is 31.0 Å². The van der Waals surface area contributed by atoms with Crippen LogP contribution in [0, 0.1) is 6.92 Å². The van der Waals surface area contributed by atoms with E-state index >= 15 is 0 Å². The van der Waals surface area contributed by atoms with Gasteiger partial charge in [0.25, 0.3) is 0 Å². The second-order valence-corrected chi connectivity index (χ2v) is 7.31. The van der Waals surface area contributed by atoms with E-state index in [4.69, 9.17) is 9.26 Å². The maximum absolute atomic E-state index is 12.3. The number of ether oxygens (including phenoxy) is 1. The monoisotopic (exact) mass is 357 g/mol. The minimum atomic E-state index is -0.876. The number of aliphatic hydroxyl groups excluding tert-OH is 2. The smallest absolute Gasteiger partial charge is 0.236 e. The minimum Gasteiger partial charge on any atom is -0.390 e. The highest BCUT2D eigenvalue weighted by atomic mass is 32.2. The van der Waals surface area contributed by atoms with Gasteiger partial charge in [-0.1, -0.05) is 5.16 Å². The van der Waals surface area contributed by atoms with Crippen molar-refractivity contribution >= 4 is 17.7 Å². The molecule has 2 aliphatic heterocycles. The van der Waals surface area contributed by atoms with Crippen LogP contribution < -0.4 is 0 Å². The summed E-state index contributed by atoms with van der Waals surface area (Å²) in [6, 6.07) is 0. The fourth-order valence-electron chi connectivity index (χ4n) is 3.27. The summed E-state index contributed by atoms with van der Waals surface area (Å²) < 4.78 is 10.8. The number of aryl methyl sites for hydroxylation is 1. The summed E-state index contributed by atoms with van der Waals surface area (Å²) in [5.41, 5.74) is -0.705. The Morgan fingerprint density at radius 1 is 1.42 bits per heavy atom. The molecule has 0 aliphatic carbocycles. The predicted octanol–water partition coefficient (Wildman–Crippen LogP) is 0.115. The Labute approximate surface area is 144 Å². The van der Waals surface area contributed by atoms with E-state index in [0.717, 1.165) is 0 Å². The molecule has 1 aromatic rings. The van der Waals surface area contributed by atoms with Crippen LogP contribution in [0.15, 0.2) is 4.52 Å². The molecule has 0 aromatic carbocycles. The molecule has 9 heteroatoms. The zero-order valence-electron chi connectivity index (χ0n) is 13.7. The topological polar surface area (TPSA) is 109 Å². The van der Waals surface area contributed by atoms with Crippen molar-refractivity contribution in [2.75, 3.05) is 25.4 Å². The molecule has 0 saturated carbocycles. The third kappa shape index (κ3) is 3.74. The van der Waals surface area contributed by atoms with E-state index in [1.807, 2.05) is 0 Å². The maximum atomic E-state index is 12.3. The first-order valence-electron chi connectivity index (χ1n) is 8.15. The molecule has 1 aromatic heterocycles. The van der Waals surface area contributed by atoms with E-state index in [1.165, 1.54) is 11.8 Å². The molecule has 3 heterocycles. The molecular formula is C15H23N3O5S. The molecule has 2 N–H and O–H groups in total. The quantitative estimate of drug-likeness (QED) is 0.782. The lowest BCUT2D eigenvalue weighted by Crippen LogP contribution is -2.60. The molecule has 0 radical (unpaired) electrons. The van der Waals surface area contributed by atoms with Crippen molar-refractivity contribution in [2.24, 2.45) is 0 Å². The first kappa shape index (κ1) is 17.7. The van der Waals surface area contributed by atoms with Gasteiger partial charge in [-0.3, -0.25) is 4.79 Å². The van der Waals surface area contributed by atoms with Gasteiger partial charge in [0.05, 0.1) is 29.8 Å². The molecule has 2 atom stereocenters. The Morgan fingerprint density at radius 3 is 2.83 bits per heavy atom. The Morgan fingerprint density at radius 2 is 2.17 bits per heavy atom. The van der Waals surface area contributed by atoms with Crippen molar-refractivity contribution in [3.8, 4) is 0 Å². The molecule has 24 heavy (non-hydrogen) atoms. The van der Waals surface area contributed by atoms with Gasteiger partial charge in [0.1, 0.15) is 6.10 Å². The van der Waals surface area contributed by atoms with Gasteiger partial charge in [-0.2, -0.15) is 4.98 Å². The third-order valence-corrected chi connectivity index (χ3v) is 5.59. The number of hydrogen-bond acceptors (Lipinski definition) is 8. The van der Waals surface area contributed by atoms with Crippen LogP contribution in [-0.2, 0) is 15.3 Å². The zero-order valence-corrected chi connectivity index (χ0v) is 14.5. The van der Waals surface area contributed by atoms with E-state index in [1.54, 1.807) is 11.8 Å². The van der Waals surface area contributed by atoms with Crippen molar-refractivity contribution in [2.45, 2.75) is 49.7 Å². The Kier molecular flexibility index (Phi) is 5.43. The van der Waals surface area contributed by atoms with Crippen LogP contribution in [0.2, 0.25) is 0 Å². The second-order valence-electron chi connectivity index (χ2n) is 6.32. The van der Waals surface area contributed by atoms with Crippen molar-refractivity contribution in [3.63, 3.8) is 0 Å². The fourth-order valence-corrected chi connectivity index (χ4v) is 4.02. The molecule has 8 nitrogen and oxygen atoms in total. The van der Waals surface area contributed by atoms with Crippen LogP contribution in [0.5, 0.6) is 0 Å². The van der Waals surface area contributed by atoms with Gasteiger partial charge in [-0.15, -0.1) is 11.8 Å². The van der Waals surface area contributed by atoms with Crippen LogP contribution in [0.25, 0.3) is 0 Å². The molecule has 1 amide bonds. The second kappa shape index (κ2) is 7.38. The van der Waals surface area contributed by atoms with E-state index in [9.17, 15) is 15.0 Å². The lowest BCUT2D eigenvalue weighted by atomic mass is 9.80. The van der Waals surface area contributed by atoms with E-state index in [-0.39, 0.29) is 5.91 Å². The molecule has 2 fully saturated rings. The third-order valence-electron chi connectivity index (χ3n) is 4.69. The average Bonchev–Trinajstić information content (AvgIpc) is 2.98. The average molecular weight is 357 g/mol. The number of aromatic nitrogens is 2. The van der Waals surface area contributed by atoms with E-state index in [2.05, 4.69) is 10.1 Å². The molecule has 0 bridgehead atoms. The number of amides is 1. The molecule has 2 aliphatic rings. The zero-order chi connectivity index (χ0) is 17.2. The van der Waals surface area contributed by atoms with Gasteiger partial charge in [-0.05, 0) is 26.2 Å². The van der Waals surface area contributed by atoms with Gasteiger partial charge in [0.2, 0.25) is 11.8 Å². The van der Waals surface area contributed by atoms with Crippen LogP contribution in [-0.4, -0.2) is 74.4 Å². The summed E-state index contributed by atoms with van der Waals surface area (Å²) in [5, 5.41) is 23.8. The number of nitrogens with zero attached hydrogens (tertiary/aromatic N) is 3. The lowest BCUT2D eigenvalue weighted by Gasteiger charge is -2.48. The number of hydrogen-bond donors (Lipinski definition) is 2. The first-order valence-corrected chi connectivity index (χ1v) is 9.30. The first-order chi connectivity index (χ1) is 11.5. The number of aliphatic hydroxyl groups is 2. The number of piperidine rings is 1. The van der Waals surface area contributed by atoms with Crippen LogP contribution in [0.4, 0.5) is 0 Å². The van der Waals surface area contributed by atoms with E-state index < -0.39 is 17.8 Å². The van der Waals surface area contributed by atoms with Crippen LogP contribution >= 0.6 is 11.8 Å². The highest BCUT2D eigenvalue weighted by Gasteiger charge is 2.47. The molecular weight excluding hydrogens is 334 g/mol. The lowest BCUT2D eigenvalue weighted by molar-refractivity contribution is -0.213. The molecule has 3 rings (SSSR count). The summed E-state index contributed by atoms with van der Waals surface area (Å²) in [4.78, 5) is 18.2. The van der Waals surface area contributed by atoms with Crippen molar-refractivity contribution in [1.29, 1.82) is 0 Å². The number of thioether (sulfide) groups is 1. The summed E-state index contributed by atoms with van der Waals surface area (Å²) in [5.74, 6) is 2.03. The Bertz CT molecular complexity index is 573. The highest BCUT2D eigenvalue weighted by Crippen LogP contribution is 2.35. The Balaban J connectivity index is 1.45.